The van der Waals surface area contributed by atoms with E-state index in [0.29, 0.717) is 12.1 Å². The van der Waals surface area contributed by atoms with E-state index >= 15 is 0 Å². The number of unbranched alkanes of at least 4 members (excludes halogenated alkanes) is 4. The third-order valence-electron chi connectivity index (χ3n) is 2.90. The summed E-state index contributed by atoms with van der Waals surface area (Å²) < 4.78 is 13.3. The fraction of sp³-hybridized carbons (Fsp3) is 0.438. The molecule has 0 aromatic heterocycles. The van der Waals surface area contributed by atoms with Crippen molar-refractivity contribution in [3.05, 3.63) is 41.7 Å². The molecule has 1 rings (SSSR count). The molecule has 0 heterocycles. The molecule has 0 bridgehead atoms. The average Bonchev–Trinajstić information content (AvgIpc) is 2.42. The zero-order valence-electron chi connectivity index (χ0n) is 11.5. The van der Waals surface area contributed by atoms with Crippen molar-refractivity contribution in [2.45, 2.75) is 39.0 Å². The minimum Gasteiger partial charge on any atom is -0.353 e. The largest absolute Gasteiger partial charge is 0.353 e. The number of nitrogens with one attached hydrogen (secondary N) is 1. The predicted molar refractivity (Wildman–Crippen MR) is 77.2 cm³/mol. The summed E-state index contributed by atoms with van der Waals surface area (Å²) in [6.07, 6.45) is 8.72. The molecule has 104 valence electrons. The van der Waals surface area contributed by atoms with Crippen LogP contribution < -0.4 is 5.32 Å². The van der Waals surface area contributed by atoms with Crippen LogP contribution in [0.4, 0.5) is 4.39 Å². The standard InChI is InChI=1S/C16H22FNO/c1-2-3-4-5-8-13-18-16(19)12-11-14-9-6-7-10-15(14)17/h6-7,9-12H,2-5,8,13H2,1H3,(H,18,19). The van der Waals surface area contributed by atoms with Gasteiger partial charge in [0.15, 0.2) is 0 Å². The van der Waals surface area contributed by atoms with Crippen LogP contribution in [-0.4, -0.2) is 12.5 Å². The second-order valence-corrected chi connectivity index (χ2v) is 4.56. The molecular formula is C16H22FNO. The molecule has 0 atom stereocenters. The molecule has 0 radical (unpaired) electrons. The average molecular weight is 263 g/mol. The summed E-state index contributed by atoms with van der Waals surface area (Å²) in [5, 5.41) is 2.80. The molecule has 1 N–H and O–H groups in total. The summed E-state index contributed by atoms with van der Waals surface area (Å²) in [5.41, 5.74) is 0.431. The molecule has 0 saturated carbocycles. The summed E-state index contributed by atoms with van der Waals surface area (Å²) in [6, 6.07) is 6.40. The van der Waals surface area contributed by atoms with Crippen LogP contribution in [0, 0.1) is 5.82 Å². The van der Waals surface area contributed by atoms with Crippen LogP contribution in [0.15, 0.2) is 30.3 Å². The molecule has 1 amide bonds. The van der Waals surface area contributed by atoms with E-state index in [1.165, 1.54) is 37.5 Å². The van der Waals surface area contributed by atoms with E-state index < -0.39 is 0 Å². The number of benzene rings is 1. The Morgan fingerprint density at radius 3 is 2.68 bits per heavy atom. The first kappa shape index (κ1) is 15.4. The Morgan fingerprint density at radius 2 is 1.95 bits per heavy atom. The third-order valence-corrected chi connectivity index (χ3v) is 2.90. The Kier molecular flexibility index (Phi) is 7.56. The van der Waals surface area contributed by atoms with E-state index in [4.69, 9.17) is 0 Å². The lowest BCUT2D eigenvalue weighted by atomic mass is 10.1. The van der Waals surface area contributed by atoms with Gasteiger partial charge in [0.05, 0.1) is 0 Å². The van der Waals surface area contributed by atoms with Crippen LogP contribution in [-0.2, 0) is 4.79 Å². The highest BCUT2D eigenvalue weighted by Gasteiger charge is 1.98. The molecular weight excluding hydrogens is 241 g/mol. The first-order valence-corrected chi connectivity index (χ1v) is 6.94. The monoisotopic (exact) mass is 263 g/mol. The molecule has 0 unspecified atom stereocenters. The maximum atomic E-state index is 13.3. The Bertz CT molecular complexity index is 415. The molecule has 1 aromatic rings. The molecule has 0 fully saturated rings. The maximum Gasteiger partial charge on any atom is 0.244 e. The molecule has 3 heteroatoms. The first-order chi connectivity index (χ1) is 9.24. The smallest absolute Gasteiger partial charge is 0.244 e. The minimum atomic E-state index is -0.314. The van der Waals surface area contributed by atoms with Gasteiger partial charge in [-0.1, -0.05) is 50.8 Å². The lowest BCUT2D eigenvalue weighted by molar-refractivity contribution is -0.116. The highest BCUT2D eigenvalue weighted by Crippen LogP contribution is 2.07. The molecule has 0 aliphatic heterocycles. The van der Waals surface area contributed by atoms with Crippen molar-refractivity contribution in [2.75, 3.05) is 6.54 Å². The Hall–Kier alpha value is -1.64. The van der Waals surface area contributed by atoms with Crippen LogP contribution in [0.5, 0.6) is 0 Å². The minimum absolute atomic E-state index is 0.168. The van der Waals surface area contributed by atoms with Crippen LogP contribution in [0.3, 0.4) is 0 Å². The van der Waals surface area contributed by atoms with Gasteiger partial charge in [-0.15, -0.1) is 0 Å². The number of amides is 1. The summed E-state index contributed by atoms with van der Waals surface area (Å²) in [7, 11) is 0. The molecule has 0 spiro atoms. The zero-order chi connectivity index (χ0) is 13.9. The number of carbonyl (C=O) groups excluding carboxylic acids is 1. The third kappa shape index (κ3) is 6.75. The van der Waals surface area contributed by atoms with Crippen LogP contribution in [0.2, 0.25) is 0 Å². The molecule has 0 aliphatic carbocycles. The Labute approximate surface area is 114 Å². The normalized spacial score (nSPS) is 10.8. The number of carbonyl (C=O) groups is 1. The highest BCUT2D eigenvalue weighted by molar-refractivity contribution is 5.91. The second kappa shape index (κ2) is 9.31. The van der Waals surface area contributed by atoms with Gasteiger partial charge >= 0.3 is 0 Å². The van der Waals surface area contributed by atoms with E-state index in [0.717, 1.165) is 12.8 Å². The van der Waals surface area contributed by atoms with E-state index in [1.807, 2.05) is 0 Å². The zero-order valence-corrected chi connectivity index (χ0v) is 11.5. The lowest BCUT2D eigenvalue weighted by Crippen LogP contribution is -2.21. The number of hydrogen-bond donors (Lipinski definition) is 1. The summed E-state index contributed by atoms with van der Waals surface area (Å²) in [6.45, 7) is 2.86. The SMILES string of the molecule is CCCCCCCNC(=O)C=Cc1ccccc1F. The molecule has 1 aromatic carbocycles. The van der Waals surface area contributed by atoms with Crippen molar-refractivity contribution in [3.63, 3.8) is 0 Å². The van der Waals surface area contributed by atoms with Crippen LogP contribution >= 0.6 is 0 Å². The van der Waals surface area contributed by atoms with E-state index in [2.05, 4.69) is 12.2 Å². The number of halogens is 1. The van der Waals surface area contributed by atoms with E-state index in [-0.39, 0.29) is 11.7 Å². The van der Waals surface area contributed by atoms with Crippen LogP contribution in [0.1, 0.15) is 44.6 Å². The van der Waals surface area contributed by atoms with Gasteiger partial charge in [-0.25, -0.2) is 4.39 Å². The van der Waals surface area contributed by atoms with Gasteiger partial charge < -0.3 is 5.32 Å². The summed E-state index contributed by atoms with van der Waals surface area (Å²) in [4.78, 5) is 11.5. The van der Waals surface area contributed by atoms with Gasteiger partial charge in [-0.05, 0) is 18.6 Å². The topological polar surface area (TPSA) is 29.1 Å². The van der Waals surface area contributed by atoms with Crippen molar-refractivity contribution >= 4 is 12.0 Å². The highest BCUT2D eigenvalue weighted by atomic mass is 19.1. The fourth-order valence-corrected chi connectivity index (χ4v) is 1.77. The van der Waals surface area contributed by atoms with Gasteiger partial charge in [0.25, 0.3) is 0 Å². The summed E-state index contributed by atoms with van der Waals surface area (Å²) >= 11 is 0. The molecule has 0 saturated heterocycles. The maximum absolute atomic E-state index is 13.3. The first-order valence-electron chi connectivity index (χ1n) is 6.94. The lowest BCUT2D eigenvalue weighted by Gasteiger charge is -2.02. The molecule has 19 heavy (non-hydrogen) atoms. The van der Waals surface area contributed by atoms with Gasteiger partial charge in [0.1, 0.15) is 5.82 Å². The van der Waals surface area contributed by atoms with E-state index in [1.54, 1.807) is 18.2 Å². The van der Waals surface area contributed by atoms with Gasteiger partial charge in [-0.2, -0.15) is 0 Å². The van der Waals surface area contributed by atoms with Gasteiger partial charge in [-0.3, -0.25) is 4.79 Å². The van der Waals surface area contributed by atoms with Gasteiger partial charge in [0, 0.05) is 18.2 Å². The quantitative estimate of drug-likeness (QED) is 0.559. The van der Waals surface area contributed by atoms with Crippen molar-refractivity contribution < 1.29 is 9.18 Å². The second-order valence-electron chi connectivity index (χ2n) is 4.56. The number of hydrogen-bond acceptors (Lipinski definition) is 1. The van der Waals surface area contributed by atoms with Crippen LogP contribution in [0.25, 0.3) is 6.08 Å². The van der Waals surface area contributed by atoms with Gasteiger partial charge in [0.2, 0.25) is 5.91 Å². The van der Waals surface area contributed by atoms with Crippen molar-refractivity contribution in [1.29, 1.82) is 0 Å². The van der Waals surface area contributed by atoms with Crippen molar-refractivity contribution in [3.8, 4) is 0 Å². The molecule has 0 aliphatic rings. The molecule has 2 nitrogen and oxygen atoms in total. The van der Waals surface area contributed by atoms with Crippen molar-refractivity contribution in [2.24, 2.45) is 0 Å². The summed E-state index contributed by atoms with van der Waals surface area (Å²) in [5.74, 6) is -0.482. The van der Waals surface area contributed by atoms with E-state index in [9.17, 15) is 9.18 Å². The number of rotatable bonds is 8. The fourth-order valence-electron chi connectivity index (χ4n) is 1.77. The Balaban J connectivity index is 2.22. The predicted octanol–water partition coefficient (Wildman–Crippen LogP) is 3.93. The van der Waals surface area contributed by atoms with Crippen molar-refractivity contribution in [1.82, 2.24) is 5.32 Å². The Morgan fingerprint density at radius 1 is 1.21 bits per heavy atom.